The molecule has 0 bridgehead atoms. The lowest BCUT2D eigenvalue weighted by molar-refractivity contribution is -0.114. The van der Waals surface area contributed by atoms with Crippen molar-refractivity contribution in [2.24, 2.45) is 0 Å². The monoisotopic (exact) mass is 390 g/mol. The summed E-state index contributed by atoms with van der Waals surface area (Å²) < 4.78 is 27.6. The molecule has 1 aromatic carbocycles. The normalized spacial score (nSPS) is 11.1. The Bertz CT molecular complexity index is 844. The first kappa shape index (κ1) is 20.7. The van der Waals surface area contributed by atoms with Crippen LogP contribution in [-0.2, 0) is 14.8 Å². The van der Waals surface area contributed by atoms with Crippen LogP contribution in [0.5, 0.6) is 0 Å². The van der Waals surface area contributed by atoms with Crippen molar-refractivity contribution in [1.29, 1.82) is 0 Å². The van der Waals surface area contributed by atoms with Crippen LogP contribution in [0.15, 0.2) is 47.5 Å². The summed E-state index contributed by atoms with van der Waals surface area (Å²) >= 11 is 0. The Hall–Kier alpha value is -2.61. The first-order valence-electron chi connectivity index (χ1n) is 8.97. The second-order valence-corrected chi connectivity index (χ2v) is 7.89. The van der Waals surface area contributed by atoms with Gasteiger partial charge in [0.25, 0.3) is 10.0 Å². The minimum Gasteiger partial charge on any atom is -0.357 e. The number of nitrogens with zero attached hydrogens (tertiary/aromatic N) is 2. The summed E-state index contributed by atoms with van der Waals surface area (Å²) in [5, 5.41) is 2.60. The maximum atomic E-state index is 12.5. The lowest BCUT2D eigenvalue weighted by atomic mass is 10.3. The van der Waals surface area contributed by atoms with Gasteiger partial charge < -0.3 is 10.2 Å². The summed E-state index contributed by atoms with van der Waals surface area (Å²) in [6.07, 6.45) is 3.56. The molecule has 27 heavy (non-hydrogen) atoms. The molecule has 8 heteroatoms. The molecule has 146 valence electrons. The standard InChI is InChI=1S/C19H26N4O3S/c1-4-12-23(13-5-2)19-11-8-17(14-20-19)22-27(25,26)18-9-6-16(7-10-18)21-15(3)24/h6-11,14,22H,4-5,12-13H2,1-3H3,(H,21,24). The molecule has 7 nitrogen and oxygen atoms in total. The SMILES string of the molecule is CCCN(CCC)c1ccc(NS(=O)(=O)c2ccc(NC(C)=O)cc2)cn1. The average Bonchev–Trinajstić information content (AvgIpc) is 2.62. The summed E-state index contributed by atoms with van der Waals surface area (Å²) in [6, 6.07) is 9.52. The lowest BCUT2D eigenvalue weighted by Crippen LogP contribution is -2.25. The van der Waals surface area contributed by atoms with Gasteiger partial charge in [-0.25, -0.2) is 13.4 Å². The molecule has 0 atom stereocenters. The Morgan fingerprint density at radius 1 is 1.00 bits per heavy atom. The summed E-state index contributed by atoms with van der Waals surface area (Å²) in [6.45, 7) is 7.44. The molecule has 0 aliphatic heterocycles. The topological polar surface area (TPSA) is 91.4 Å². The van der Waals surface area contributed by atoms with E-state index in [1.807, 2.05) is 6.07 Å². The summed E-state index contributed by atoms with van der Waals surface area (Å²) in [4.78, 5) is 17.7. The molecule has 0 fully saturated rings. The molecule has 0 aliphatic carbocycles. The molecular formula is C19H26N4O3S. The fourth-order valence-electron chi connectivity index (χ4n) is 2.65. The molecule has 1 aromatic heterocycles. The third-order valence-electron chi connectivity index (χ3n) is 3.80. The van der Waals surface area contributed by atoms with Gasteiger partial charge in [0.2, 0.25) is 5.91 Å². The van der Waals surface area contributed by atoms with Gasteiger partial charge in [-0.15, -0.1) is 0 Å². The highest BCUT2D eigenvalue weighted by atomic mass is 32.2. The zero-order valence-electron chi connectivity index (χ0n) is 15.9. The van der Waals surface area contributed by atoms with E-state index in [9.17, 15) is 13.2 Å². The summed E-state index contributed by atoms with van der Waals surface area (Å²) in [7, 11) is -3.73. The van der Waals surface area contributed by atoms with Gasteiger partial charge in [-0.05, 0) is 49.2 Å². The highest BCUT2D eigenvalue weighted by molar-refractivity contribution is 7.92. The van der Waals surface area contributed by atoms with Crippen LogP contribution < -0.4 is 14.9 Å². The van der Waals surface area contributed by atoms with Crippen molar-refractivity contribution in [3.8, 4) is 0 Å². The number of benzene rings is 1. The van der Waals surface area contributed by atoms with Gasteiger partial charge >= 0.3 is 0 Å². The zero-order chi connectivity index (χ0) is 19.9. The summed E-state index contributed by atoms with van der Waals surface area (Å²) in [5.41, 5.74) is 0.942. The van der Waals surface area contributed by atoms with Crippen LogP contribution in [-0.4, -0.2) is 32.4 Å². The van der Waals surface area contributed by atoms with Crippen LogP contribution in [0, 0.1) is 0 Å². The van der Waals surface area contributed by atoms with Gasteiger partial charge in [0.15, 0.2) is 0 Å². The smallest absolute Gasteiger partial charge is 0.261 e. The summed E-state index contributed by atoms with van der Waals surface area (Å²) in [5.74, 6) is 0.622. The van der Waals surface area contributed by atoms with Crippen LogP contribution in [0.4, 0.5) is 17.2 Å². The Labute approximate surface area is 160 Å². The number of pyridine rings is 1. The van der Waals surface area contributed by atoms with E-state index >= 15 is 0 Å². The quantitative estimate of drug-likeness (QED) is 0.684. The molecular weight excluding hydrogens is 364 g/mol. The highest BCUT2D eigenvalue weighted by Crippen LogP contribution is 2.20. The Kier molecular flexibility index (Phi) is 7.18. The van der Waals surface area contributed by atoms with E-state index in [1.165, 1.54) is 25.3 Å². The number of nitrogens with one attached hydrogen (secondary N) is 2. The molecule has 0 spiro atoms. The molecule has 2 N–H and O–H groups in total. The van der Waals surface area contributed by atoms with Crippen molar-refractivity contribution in [2.75, 3.05) is 28.0 Å². The van der Waals surface area contributed by atoms with Crippen LogP contribution in [0.3, 0.4) is 0 Å². The van der Waals surface area contributed by atoms with E-state index in [0.717, 1.165) is 31.7 Å². The van der Waals surface area contributed by atoms with Gasteiger partial charge in [-0.3, -0.25) is 9.52 Å². The predicted octanol–water partition coefficient (Wildman–Crippen LogP) is 3.47. The third kappa shape index (κ3) is 5.96. The van der Waals surface area contributed by atoms with E-state index in [2.05, 4.69) is 33.8 Å². The number of carbonyl (C=O) groups is 1. The lowest BCUT2D eigenvalue weighted by Gasteiger charge is -2.22. The van der Waals surface area contributed by atoms with E-state index < -0.39 is 10.0 Å². The Morgan fingerprint density at radius 3 is 2.07 bits per heavy atom. The fourth-order valence-corrected chi connectivity index (χ4v) is 3.69. The number of anilines is 3. The molecule has 0 saturated carbocycles. The van der Waals surface area contributed by atoms with Crippen LogP contribution in [0.2, 0.25) is 0 Å². The predicted molar refractivity (Wildman–Crippen MR) is 109 cm³/mol. The number of rotatable bonds is 9. The van der Waals surface area contributed by atoms with Gasteiger partial charge in [-0.2, -0.15) is 0 Å². The molecule has 1 heterocycles. The molecule has 2 rings (SSSR count). The Morgan fingerprint density at radius 2 is 1.59 bits per heavy atom. The number of sulfonamides is 1. The van der Waals surface area contributed by atoms with Gasteiger partial charge in [-0.1, -0.05) is 13.8 Å². The van der Waals surface area contributed by atoms with E-state index in [0.29, 0.717) is 11.4 Å². The van der Waals surface area contributed by atoms with Gasteiger partial charge in [0.1, 0.15) is 5.82 Å². The van der Waals surface area contributed by atoms with Crippen molar-refractivity contribution in [3.63, 3.8) is 0 Å². The van der Waals surface area contributed by atoms with Crippen molar-refractivity contribution >= 4 is 33.1 Å². The molecule has 1 amide bonds. The minimum atomic E-state index is -3.73. The number of hydrogen-bond donors (Lipinski definition) is 2. The van der Waals surface area contributed by atoms with Crippen LogP contribution in [0.1, 0.15) is 33.6 Å². The Balaban J connectivity index is 2.11. The number of amides is 1. The number of aromatic nitrogens is 1. The second kappa shape index (κ2) is 9.36. The van der Waals surface area contributed by atoms with Crippen molar-refractivity contribution in [2.45, 2.75) is 38.5 Å². The average molecular weight is 391 g/mol. The molecule has 0 unspecified atom stereocenters. The number of hydrogen-bond acceptors (Lipinski definition) is 5. The van der Waals surface area contributed by atoms with E-state index in [1.54, 1.807) is 18.2 Å². The van der Waals surface area contributed by atoms with Crippen molar-refractivity contribution in [1.82, 2.24) is 4.98 Å². The molecule has 2 aromatic rings. The highest BCUT2D eigenvalue weighted by Gasteiger charge is 2.15. The first-order valence-corrected chi connectivity index (χ1v) is 10.5. The maximum absolute atomic E-state index is 12.5. The van der Waals surface area contributed by atoms with Crippen LogP contribution >= 0.6 is 0 Å². The maximum Gasteiger partial charge on any atom is 0.261 e. The van der Waals surface area contributed by atoms with Gasteiger partial charge in [0.05, 0.1) is 16.8 Å². The first-order chi connectivity index (χ1) is 12.9. The van der Waals surface area contributed by atoms with Crippen molar-refractivity contribution < 1.29 is 13.2 Å². The molecule has 0 aliphatic rings. The third-order valence-corrected chi connectivity index (χ3v) is 5.19. The van der Waals surface area contributed by atoms with Crippen LogP contribution in [0.25, 0.3) is 0 Å². The fraction of sp³-hybridized carbons (Fsp3) is 0.368. The number of carbonyl (C=O) groups excluding carboxylic acids is 1. The van der Waals surface area contributed by atoms with E-state index in [4.69, 9.17) is 0 Å². The largest absolute Gasteiger partial charge is 0.357 e. The van der Waals surface area contributed by atoms with E-state index in [-0.39, 0.29) is 10.8 Å². The second-order valence-electron chi connectivity index (χ2n) is 6.20. The van der Waals surface area contributed by atoms with Gasteiger partial charge in [0, 0.05) is 25.7 Å². The molecule has 0 radical (unpaired) electrons. The minimum absolute atomic E-state index is 0.110. The molecule has 0 saturated heterocycles. The zero-order valence-corrected chi connectivity index (χ0v) is 16.7. The van der Waals surface area contributed by atoms with Crippen molar-refractivity contribution in [3.05, 3.63) is 42.6 Å².